The highest BCUT2D eigenvalue weighted by molar-refractivity contribution is 6.10. The minimum absolute atomic E-state index is 0.706. The molecule has 0 amide bonds. The van der Waals surface area contributed by atoms with Crippen molar-refractivity contribution in [2.45, 2.75) is 0 Å². The Labute approximate surface area is 336 Å². The Morgan fingerprint density at radius 3 is 1.72 bits per heavy atom. The summed E-state index contributed by atoms with van der Waals surface area (Å²) >= 11 is 0. The molecule has 0 aliphatic carbocycles. The van der Waals surface area contributed by atoms with Crippen LogP contribution in [0.3, 0.4) is 0 Å². The molecule has 11 aromatic rings. The van der Waals surface area contributed by atoms with Gasteiger partial charge in [-0.25, -0.2) is 9.97 Å². The van der Waals surface area contributed by atoms with Gasteiger partial charge in [-0.3, -0.25) is 0 Å². The van der Waals surface area contributed by atoms with E-state index in [0.717, 1.165) is 50.5 Å². The second-order valence-electron chi connectivity index (χ2n) is 14.7. The standard InChI is InChI=1S/C54H36N4/c1-4-15-37(16-5-1)46-27-14-21-39-31-32-57(53(39)46)44-24-12-22-41(33-44)42-29-30-52-48(35-42)47-26-10-11-28-51(47)58(52)45-25-13-23-43(34-45)50-36-49(38-17-6-2-7-18-38)55-54(56-50)40-19-8-3-9-20-40/h1-36H. The van der Waals surface area contributed by atoms with Crippen molar-refractivity contribution in [2.75, 3.05) is 0 Å². The van der Waals surface area contributed by atoms with Gasteiger partial charge in [0, 0.05) is 56.0 Å². The first-order valence-electron chi connectivity index (χ1n) is 19.7. The van der Waals surface area contributed by atoms with Crippen LogP contribution in [-0.4, -0.2) is 19.1 Å². The van der Waals surface area contributed by atoms with Crippen molar-refractivity contribution in [3.8, 4) is 67.5 Å². The van der Waals surface area contributed by atoms with Crippen LogP contribution in [0.15, 0.2) is 219 Å². The molecule has 0 atom stereocenters. The lowest BCUT2D eigenvalue weighted by Crippen LogP contribution is -1.97. The van der Waals surface area contributed by atoms with E-state index in [2.05, 4.69) is 203 Å². The van der Waals surface area contributed by atoms with Crippen LogP contribution in [0, 0.1) is 0 Å². The quantitative estimate of drug-likeness (QED) is 0.163. The Balaban J connectivity index is 1.02. The molecule has 0 saturated carbocycles. The van der Waals surface area contributed by atoms with Crippen molar-refractivity contribution in [3.63, 3.8) is 0 Å². The number of hydrogen-bond acceptors (Lipinski definition) is 2. The maximum atomic E-state index is 5.13. The molecule has 0 fully saturated rings. The SMILES string of the molecule is c1ccc(-c2cc(-c3cccc(-n4c5ccccc5c5cc(-c6cccc(-n7ccc8cccc(-c9ccccc9)c87)c6)ccc54)c3)nc(-c3ccccc3)n2)cc1. The fourth-order valence-electron chi connectivity index (χ4n) is 8.40. The largest absolute Gasteiger partial charge is 0.316 e. The third-order valence-corrected chi connectivity index (χ3v) is 11.2. The highest BCUT2D eigenvalue weighted by Crippen LogP contribution is 2.38. The molecule has 272 valence electrons. The Morgan fingerprint density at radius 2 is 0.931 bits per heavy atom. The maximum absolute atomic E-state index is 5.13. The fraction of sp³-hybridized carbons (Fsp3) is 0. The molecule has 0 bridgehead atoms. The number of rotatable bonds is 7. The summed E-state index contributed by atoms with van der Waals surface area (Å²) in [5.74, 6) is 0.706. The number of hydrogen-bond donors (Lipinski definition) is 0. The van der Waals surface area contributed by atoms with Gasteiger partial charge in [0.25, 0.3) is 0 Å². The normalized spacial score (nSPS) is 11.4. The molecule has 0 aliphatic rings. The summed E-state index contributed by atoms with van der Waals surface area (Å²) < 4.78 is 4.70. The molecular weight excluding hydrogens is 705 g/mol. The van der Waals surface area contributed by atoms with Crippen LogP contribution in [0.1, 0.15) is 0 Å². The van der Waals surface area contributed by atoms with Gasteiger partial charge in [0.2, 0.25) is 0 Å². The second-order valence-corrected chi connectivity index (χ2v) is 14.7. The molecule has 0 saturated heterocycles. The molecule has 8 aromatic carbocycles. The van der Waals surface area contributed by atoms with Crippen molar-refractivity contribution >= 4 is 32.7 Å². The summed E-state index contributed by atoms with van der Waals surface area (Å²) in [5, 5.41) is 3.64. The lowest BCUT2D eigenvalue weighted by molar-refractivity contribution is 1.13. The van der Waals surface area contributed by atoms with Crippen molar-refractivity contribution < 1.29 is 0 Å². The van der Waals surface area contributed by atoms with Gasteiger partial charge in [-0.1, -0.05) is 158 Å². The molecule has 0 aliphatic heterocycles. The fourth-order valence-corrected chi connectivity index (χ4v) is 8.40. The molecule has 3 heterocycles. The van der Waals surface area contributed by atoms with Gasteiger partial charge in [0.1, 0.15) is 0 Å². The zero-order valence-electron chi connectivity index (χ0n) is 31.6. The number of aromatic nitrogens is 4. The van der Waals surface area contributed by atoms with Gasteiger partial charge in [0.05, 0.1) is 27.9 Å². The second kappa shape index (κ2) is 14.0. The minimum Gasteiger partial charge on any atom is -0.316 e. The van der Waals surface area contributed by atoms with E-state index < -0.39 is 0 Å². The van der Waals surface area contributed by atoms with Gasteiger partial charge in [0.15, 0.2) is 5.82 Å². The lowest BCUT2D eigenvalue weighted by atomic mass is 10.0. The Bertz CT molecular complexity index is 3210. The summed E-state index contributed by atoms with van der Waals surface area (Å²) in [7, 11) is 0. The molecule has 3 aromatic heterocycles. The van der Waals surface area contributed by atoms with E-state index in [0.29, 0.717) is 5.82 Å². The first kappa shape index (κ1) is 33.5. The smallest absolute Gasteiger partial charge is 0.160 e. The molecule has 11 rings (SSSR count). The van der Waals surface area contributed by atoms with Crippen molar-refractivity contribution in [1.29, 1.82) is 0 Å². The number of benzene rings is 8. The summed E-state index contributed by atoms with van der Waals surface area (Å²) in [6, 6.07) is 75.3. The molecule has 0 unspecified atom stereocenters. The van der Waals surface area contributed by atoms with Crippen LogP contribution in [0.5, 0.6) is 0 Å². The molecule has 0 spiro atoms. The average Bonchev–Trinajstić information content (AvgIpc) is 3.89. The predicted molar refractivity (Wildman–Crippen MR) is 240 cm³/mol. The summed E-state index contributed by atoms with van der Waals surface area (Å²) in [5.41, 5.74) is 15.4. The number of fused-ring (bicyclic) bond motifs is 4. The first-order chi connectivity index (χ1) is 28.7. The van der Waals surface area contributed by atoms with E-state index in [1.54, 1.807) is 0 Å². The van der Waals surface area contributed by atoms with E-state index in [9.17, 15) is 0 Å². The highest BCUT2D eigenvalue weighted by Gasteiger charge is 2.17. The molecule has 58 heavy (non-hydrogen) atoms. The maximum Gasteiger partial charge on any atom is 0.160 e. The van der Waals surface area contributed by atoms with Crippen LogP contribution in [0.2, 0.25) is 0 Å². The van der Waals surface area contributed by atoms with E-state index >= 15 is 0 Å². The van der Waals surface area contributed by atoms with Gasteiger partial charge < -0.3 is 9.13 Å². The van der Waals surface area contributed by atoms with E-state index in [4.69, 9.17) is 9.97 Å². The van der Waals surface area contributed by atoms with Crippen molar-refractivity contribution in [3.05, 3.63) is 219 Å². The molecule has 4 nitrogen and oxygen atoms in total. The molecule has 0 N–H and O–H groups in total. The Hall–Kier alpha value is -7.82. The minimum atomic E-state index is 0.706. The van der Waals surface area contributed by atoms with Crippen molar-refractivity contribution in [1.82, 2.24) is 19.1 Å². The Morgan fingerprint density at radius 1 is 0.345 bits per heavy atom. The molecule has 0 radical (unpaired) electrons. The van der Waals surface area contributed by atoms with Crippen LogP contribution in [0.4, 0.5) is 0 Å². The third kappa shape index (κ3) is 5.87. The van der Waals surface area contributed by atoms with E-state index in [-0.39, 0.29) is 0 Å². The molecular formula is C54H36N4. The van der Waals surface area contributed by atoms with E-state index in [1.165, 1.54) is 43.9 Å². The van der Waals surface area contributed by atoms with Gasteiger partial charge in [-0.15, -0.1) is 0 Å². The van der Waals surface area contributed by atoms with Gasteiger partial charge >= 0.3 is 0 Å². The summed E-state index contributed by atoms with van der Waals surface area (Å²) in [6.07, 6.45) is 2.19. The highest BCUT2D eigenvalue weighted by atomic mass is 15.0. The summed E-state index contributed by atoms with van der Waals surface area (Å²) in [6.45, 7) is 0. The van der Waals surface area contributed by atoms with Crippen LogP contribution in [0.25, 0.3) is 100 Å². The zero-order valence-corrected chi connectivity index (χ0v) is 31.6. The number of nitrogens with zero attached hydrogens (tertiary/aromatic N) is 4. The average molecular weight is 741 g/mol. The van der Waals surface area contributed by atoms with Gasteiger partial charge in [-0.2, -0.15) is 0 Å². The van der Waals surface area contributed by atoms with Crippen LogP contribution >= 0.6 is 0 Å². The number of para-hydroxylation sites is 2. The van der Waals surface area contributed by atoms with Crippen LogP contribution in [-0.2, 0) is 0 Å². The van der Waals surface area contributed by atoms with Crippen molar-refractivity contribution in [2.24, 2.45) is 0 Å². The predicted octanol–water partition coefficient (Wildman–Crippen LogP) is 13.9. The van der Waals surface area contributed by atoms with Crippen LogP contribution < -0.4 is 0 Å². The third-order valence-electron chi connectivity index (χ3n) is 11.2. The topological polar surface area (TPSA) is 35.6 Å². The Kier molecular flexibility index (Phi) is 8.11. The monoisotopic (exact) mass is 740 g/mol. The summed E-state index contributed by atoms with van der Waals surface area (Å²) in [4.78, 5) is 10.2. The lowest BCUT2D eigenvalue weighted by Gasteiger charge is -2.13. The zero-order chi connectivity index (χ0) is 38.4. The molecule has 4 heteroatoms. The first-order valence-corrected chi connectivity index (χ1v) is 19.7. The van der Waals surface area contributed by atoms with E-state index in [1.807, 2.05) is 24.3 Å². The van der Waals surface area contributed by atoms with Gasteiger partial charge in [-0.05, 0) is 71.3 Å².